The third-order valence-corrected chi connectivity index (χ3v) is 2.82. The second-order valence-electron chi connectivity index (χ2n) is 3.42. The van der Waals surface area contributed by atoms with Crippen LogP contribution in [0.5, 0.6) is 0 Å². The van der Waals surface area contributed by atoms with E-state index >= 15 is 0 Å². The van der Waals surface area contributed by atoms with Crippen molar-refractivity contribution < 1.29 is 0 Å². The van der Waals surface area contributed by atoms with Crippen LogP contribution in [0.1, 0.15) is 18.1 Å². The lowest BCUT2D eigenvalue weighted by atomic mass is 10.0. The molecule has 0 fully saturated rings. The van der Waals surface area contributed by atoms with Gasteiger partial charge in [-0.2, -0.15) is 0 Å². The molecule has 0 spiro atoms. The quantitative estimate of drug-likeness (QED) is 0.691. The largest absolute Gasteiger partial charge is 0.256 e. The molecule has 0 saturated heterocycles. The summed E-state index contributed by atoms with van der Waals surface area (Å²) in [5, 5.41) is 1.94. The molecule has 0 N–H and O–H groups in total. The zero-order valence-electron chi connectivity index (χ0n) is 8.34. The number of benzene rings is 1. The lowest BCUT2D eigenvalue weighted by Gasteiger charge is -2.06. The van der Waals surface area contributed by atoms with Gasteiger partial charge in [0.05, 0.1) is 5.52 Å². The molecule has 0 atom stereocenters. The van der Waals surface area contributed by atoms with Gasteiger partial charge in [-0.15, -0.1) is 0 Å². The first-order valence-corrected chi connectivity index (χ1v) is 5.14. The lowest BCUT2D eigenvalue weighted by molar-refractivity contribution is 1.09. The summed E-state index contributed by atoms with van der Waals surface area (Å²) in [5.74, 6) is 0. The third-order valence-electron chi connectivity index (χ3n) is 2.58. The topological polar surface area (TPSA) is 12.9 Å². The van der Waals surface area contributed by atoms with E-state index in [4.69, 9.17) is 11.6 Å². The highest BCUT2D eigenvalue weighted by atomic mass is 35.5. The van der Waals surface area contributed by atoms with Crippen LogP contribution in [-0.4, -0.2) is 4.98 Å². The van der Waals surface area contributed by atoms with E-state index in [1.165, 1.54) is 11.1 Å². The van der Waals surface area contributed by atoms with Crippen LogP contribution in [0.15, 0.2) is 24.4 Å². The van der Waals surface area contributed by atoms with Crippen LogP contribution in [-0.2, 0) is 6.42 Å². The van der Waals surface area contributed by atoms with Crippen molar-refractivity contribution in [2.45, 2.75) is 20.3 Å². The minimum atomic E-state index is 0.774. The van der Waals surface area contributed by atoms with E-state index in [9.17, 15) is 0 Å². The molecule has 1 heterocycles. The van der Waals surface area contributed by atoms with Crippen molar-refractivity contribution in [3.05, 3.63) is 40.5 Å². The smallest absolute Gasteiger partial charge is 0.0705 e. The molecule has 0 aliphatic carbocycles. The first-order valence-electron chi connectivity index (χ1n) is 4.76. The zero-order valence-corrected chi connectivity index (χ0v) is 9.10. The van der Waals surface area contributed by atoms with Gasteiger partial charge in [0, 0.05) is 16.6 Å². The highest BCUT2D eigenvalue weighted by Crippen LogP contribution is 2.23. The Morgan fingerprint density at radius 1 is 1.36 bits per heavy atom. The van der Waals surface area contributed by atoms with Gasteiger partial charge in [0.25, 0.3) is 0 Å². The number of hydrogen-bond donors (Lipinski definition) is 0. The Bertz CT molecular complexity index is 477. The molecule has 0 unspecified atom stereocenters. The molecule has 0 aliphatic heterocycles. The summed E-state index contributed by atoms with van der Waals surface area (Å²) in [6.45, 7) is 4.26. The van der Waals surface area contributed by atoms with E-state index in [1.54, 1.807) is 0 Å². The highest BCUT2D eigenvalue weighted by molar-refractivity contribution is 6.31. The SMILES string of the molecule is CCc1cnc2ccc(Cl)cc2c1C. The van der Waals surface area contributed by atoms with E-state index in [-0.39, 0.29) is 0 Å². The van der Waals surface area contributed by atoms with E-state index < -0.39 is 0 Å². The number of aromatic nitrogens is 1. The minimum Gasteiger partial charge on any atom is -0.256 e. The van der Waals surface area contributed by atoms with Crippen molar-refractivity contribution in [3.63, 3.8) is 0 Å². The maximum absolute atomic E-state index is 5.96. The van der Waals surface area contributed by atoms with Gasteiger partial charge in [0.15, 0.2) is 0 Å². The molecule has 2 aromatic rings. The van der Waals surface area contributed by atoms with Crippen molar-refractivity contribution in [1.82, 2.24) is 4.98 Å². The molecule has 0 bridgehead atoms. The zero-order chi connectivity index (χ0) is 10.1. The molecule has 72 valence electrons. The number of pyridine rings is 1. The molecular weight excluding hydrogens is 194 g/mol. The minimum absolute atomic E-state index is 0.774. The molecule has 0 saturated carbocycles. The maximum atomic E-state index is 5.96. The molecule has 2 rings (SSSR count). The number of nitrogens with zero attached hydrogens (tertiary/aromatic N) is 1. The van der Waals surface area contributed by atoms with Crippen molar-refractivity contribution >= 4 is 22.5 Å². The van der Waals surface area contributed by atoms with Crippen LogP contribution < -0.4 is 0 Å². The van der Waals surface area contributed by atoms with Crippen molar-refractivity contribution in [2.75, 3.05) is 0 Å². The van der Waals surface area contributed by atoms with Gasteiger partial charge in [0.2, 0.25) is 0 Å². The summed E-state index contributed by atoms with van der Waals surface area (Å²) in [5.41, 5.74) is 3.60. The van der Waals surface area contributed by atoms with Crippen LogP contribution in [0.3, 0.4) is 0 Å². The van der Waals surface area contributed by atoms with Crippen LogP contribution in [0.4, 0.5) is 0 Å². The van der Waals surface area contributed by atoms with Gasteiger partial charge >= 0.3 is 0 Å². The van der Waals surface area contributed by atoms with Crippen LogP contribution in [0.25, 0.3) is 10.9 Å². The fourth-order valence-corrected chi connectivity index (χ4v) is 1.87. The predicted molar refractivity (Wildman–Crippen MR) is 60.9 cm³/mol. The average Bonchev–Trinajstić information content (AvgIpc) is 2.20. The summed E-state index contributed by atoms with van der Waals surface area (Å²) in [7, 11) is 0. The molecular formula is C12H12ClN. The predicted octanol–water partition coefficient (Wildman–Crippen LogP) is 3.76. The number of aryl methyl sites for hydroxylation is 2. The molecule has 0 amide bonds. The Balaban J connectivity index is 2.79. The number of halogens is 1. The number of hydrogen-bond acceptors (Lipinski definition) is 1. The summed E-state index contributed by atoms with van der Waals surface area (Å²) < 4.78 is 0. The standard InChI is InChI=1S/C12H12ClN/c1-3-9-7-14-12-5-4-10(13)6-11(12)8(9)2/h4-7H,3H2,1-2H3. The first kappa shape index (κ1) is 9.47. The fraction of sp³-hybridized carbons (Fsp3) is 0.250. The Kier molecular flexibility index (Phi) is 2.42. The summed E-state index contributed by atoms with van der Waals surface area (Å²) in [4.78, 5) is 4.40. The third kappa shape index (κ3) is 1.48. The number of fused-ring (bicyclic) bond motifs is 1. The van der Waals surface area contributed by atoms with Gasteiger partial charge in [-0.05, 0) is 42.7 Å². The first-order chi connectivity index (χ1) is 6.72. The Morgan fingerprint density at radius 3 is 2.86 bits per heavy atom. The Hall–Kier alpha value is -1.08. The average molecular weight is 206 g/mol. The fourth-order valence-electron chi connectivity index (χ4n) is 1.69. The monoisotopic (exact) mass is 205 g/mol. The van der Waals surface area contributed by atoms with Gasteiger partial charge < -0.3 is 0 Å². The molecule has 0 radical (unpaired) electrons. The van der Waals surface area contributed by atoms with Gasteiger partial charge in [0.1, 0.15) is 0 Å². The molecule has 0 aliphatic rings. The summed E-state index contributed by atoms with van der Waals surface area (Å²) in [6, 6.07) is 5.82. The van der Waals surface area contributed by atoms with Crippen molar-refractivity contribution in [3.8, 4) is 0 Å². The number of rotatable bonds is 1. The normalized spacial score (nSPS) is 10.8. The summed E-state index contributed by atoms with van der Waals surface area (Å²) >= 11 is 5.96. The highest BCUT2D eigenvalue weighted by Gasteiger charge is 2.03. The Labute approximate surface area is 88.7 Å². The van der Waals surface area contributed by atoms with Crippen molar-refractivity contribution in [1.29, 1.82) is 0 Å². The summed E-state index contributed by atoms with van der Waals surface area (Å²) in [6.07, 6.45) is 2.97. The van der Waals surface area contributed by atoms with Crippen LogP contribution in [0, 0.1) is 6.92 Å². The molecule has 1 nitrogen and oxygen atoms in total. The molecule has 14 heavy (non-hydrogen) atoms. The van der Waals surface area contributed by atoms with E-state index in [0.29, 0.717) is 0 Å². The van der Waals surface area contributed by atoms with E-state index in [0.717, 1.165) is 22.3 Å². The van der Waals surface area contributed by atoms with E-state index in [1.807, 2.05) is 24.4 Å². The van der Waals surface area contributed by atoms with E-state index in [2.05, 4.69) is 18.8 Å². The Morgan fingerprint density at radius 2 is 2.14 bits per heavy atom. The van der Waals surface area contributed by atoms with Gasteiger partial charge in [-0.1, -0.05) is 18.5 Å². The second-order valence-corrected chi connectivity index (χ2v) is 3.86. The molecule has 2 heteroatoms. The molecule has 1 aromatic heterocycles. The van der Waals surface area contributed by atoms with Crippen molar-refractivity contribution in [2.24, 2.45) is 0 Å². The lowest BCUT2D eigenvalue weighted by Crippen LogP contribution is -1.90. The van der Waals surface area contributed by atoms with Gasteiger partial charge in [-0.25, -0.2) is 0 Å². The van der Waals surface area contributed by atoms with Gasteiger partial charge in [-0.3, -0.25) is 4.98 Å². The van der Waals surface area contributed by atoms with Crippen LogP contribution >= 0.6 is 11.6 Å². The molecule has 1 aromatic carbocycles. The maximum Gasteiger partial charge on any atom is 0.0705 e. The second kappa shape index (κ2) is 3.58. The van der Waals surface area contributed by atoms with Crippen LogP contribution in [0.2, 0.25) is 5.02 Å².